The highest BCUT2D eigenvalue weighted by atomic mass is 32.2. The first-order valence-electron chi connectivity index (χ1n) is 5.62. The molecule has 0 aliphatic rings. The Morgan fingerprint density at radius 1 is 1.26 bits per heavy atom. The highest BCUT2D eigenvalue weighted by molar-refractivity contribution is 7.99. The van der Waals surface area contributed by atoms with Gasteiger partial charge < -0.3 is 0 Å². The van der Waals surface area contributed by atoms with Crippen molar-refractivity contribution in [2.75, 3.05) is 0 Å². The van der Waals surface area contributed by atoms with E-state index in [9.17, 15) is 13.2 Å². The second-order valence-electron chi connectivity index (χ2n) is 4.20. The lowest BCUT2D eigenvalue weighted by Gasteiger charge is -2.11. The lowest BCUT2D eigenvalue weighted by Crippen LogP contribution is -2.06. The fraction of sp³-hybridized carbons (Fsp3) is 0.333. The summed E-state index contributed by atoms with van der Waals surface area (Å²) in [5.74, 6) is 0. The van der Waals surface area contributed by atoms with Crippen molar-refractivity contribution in [3.05, 3.63) is 36.2 Å². The molecule has 102 valence electrons. The maximum absolute atomic E-state index is 12.7. The molecule has 2 aromatic rings. The minimum Gasteiger partial charge on any atom is -0.277 e. The van der Waals surface area contributed by atoms with Crippen molar-refractivity contribution in [3.63, 3.8) is 0 Å². The highest BCUT2D eigenvalue weighted by Crippen LogP contribution is 2.31. The molecular weight excluding hydrogens is 275 g/mol. The van der Waals surface area contributed by atoms with Crippen molar-refractivity contribution >= 4 is 11.8 Å². The van der Waals surface area contributed by atoms with Crippen molar-refractivity contribution in [2.45, 2.75) is 30.4 Å². The molecule has 1 heterocycles. The number of rotatable bonds is 3. The lowest BCUT2D eigenvalue weighted by molar-refractivity contribution is -0.137. The number of hydrogen-bond donors (Lipinski definition) is 0. The van der Waals surface area contributed by atoms with Crippen molar-refractivity contribution < 1.29 is 13.2 Å². The molecule has 3 nitrogen and oxygen atoms in total. The third-order valence-electron chi connectivity index (χ3n) is 2.31. The van der Waals surface area contributed by atoms with Gasteiger partial charge in [-0.05, 0) is 18.2 Å². The van der Waals surface area contributed by atoms with Gasteiger partial charge in [-0.15, -0.1) is 10.2 Å². The monoisotopic (exact) mass is 287 g/mol. The zero-order chi connectivity index (χ0) is 14.0. The Hall–Kier alpha value is -1.50. The van der Waals surface area contributed by atoms with Crippen molar-refractivity contribution in [2.24, 2.45) is 0 Å². The summed E-state index contributed by atoms with van der Waals surface area (Å²) < 4.78 is 39.6. The predicted molar refractivity (Wildman–Crippen MR) is 67.4 cm³/mol. The molecule has 0 aliphatic carbocycles. The van der Waals surface area contributed by atoms with Gasteiger partial charge in [-0.25, -0.2) is 0 Å². The van der Waals surface area contributed by atoms with Crippen molar-refractivity contribution in [1.82, 2.24) is 14.8 Å². The van der Waals surface area contributed by atoms with Gasteiger partial charge in [-0.2, -0.15) is 13.2 Å². The number of alkyl halides is 3. The van der Waals surface area contributed by atoms with Gasteiger partial charge in [0.25, 0.3) is 0 Å². The first-order chi connectivity index (χ1) is 8.88. The average Bonchev–Trinajstić information content (AvgIpc) is 2.75. The van der Waals surface area contributed by atoms with E-state index < -0.39 is 11.7 Å². The summed E-state index contributed by atoms with van der Waals surface area (Å²) in [4.78, 5) is 0. The Kier molecular flexibility index (Phi) is 3.84. The number of nitrogens with zero attached hydrogens (tertiary/aromatic N) is 3. The van der Waals surface area contributed by atoms with Crippen LogP contribution in [0.4, 0.5) is 13.2 Å². The summed E-state index contributed by atoms with van der Waals surface area (Å²) >= 11 is 1.45. The van der Waals surface area contributed by atoms with Gasteiger partial charge in [-0.3, -0.25) is 4.57 Å². The summed E-state index contributed by atoms with van der Waals surface area (Å²) in [6, 6.07) is 5.11. The highest BCUT2D eigenvalue weighted by Gasteiger charge is 2.30. The Morgan fingerprint density at radius 2 is 2.00 bits per heavy atom. The molecule has 7 heteroatoms. The van der Waals surface area contributed by atoms with Crippen molar-refractivity contribution in [3.8, 4) is 5.69 Å². The predicted octanol–water partition coefficient (Wildman–Crippen LogP) is 3.79. The van der Waals surface area contributed by atoms with E-state index in [0.29, 0.717) is 10.8 Å². The van der Waals surface area contributed by atoms with Crippen LogP contribution in [0.1, 0.15) is 19.4 Å². The fourth-order valence-electron chi connectivity index (χ4n) is 1.52. The van der Waals surface area contributed by atoms with Crippen LogP contribution < -0.4 is 0 Å². The number of benzene rings is 1. The molecule has 0 spiro atoms. The smallest absolute Gasteiger partial charge is 0.277 e. The molecule has 0 atom stereocenters. The van der Waals surface area contributed by atoms with Crippen LogP contribution in [0.25, 0.3) is 5.69 Å². The molecule has 1 aromatic heterocycles. The largest absolute Gasteiger partial charge is 0.416 e. The molecule has 0 bridgehead atoms. The number of thioether (sulfide) groups is 1. The molecule has 1 aromatic carbocycles. The number of hydrogen-bond acceptors (Lipinski definition) is 3. The zero-order valence-electron chi connectivity index (χ0n) is 10.3. The van der Waals surface area contributed by atoms with Crippen LogP contribution in [0.15, 0.2) is 35.7 Å². The molecule has 0 amide bonds. The quantitative estimate of drug-likeness (QED) is 0.805. The van der Waals surface area contributed by atoms with E-state index in [0.717, 1.165) is 12.1 Å². The summed E-state index contributed by atoms with van der Waals surface area (Å²) in [5.41, 5.74) is -0.276. The minimum absolute atomic E-state index is 0.272. The maximum Gasteiger partial charge on any atom is 0.416 e. The summed E-state index contributed by atoms with van der Waals surface area (Å²) in [6.45, 7) is 3.96. The lowest BCUT2D eigenvalue weighted by atomic mass is 10.2. The van der Waals surface area contributed by atoms with Crippen LogP contribution in [0.3, 0.4) is 0 Å². The molecule has 0 saturated carbocycles. The molecule has 0 saturated heterocycles. The summed E-state index contributed by atoms with van der Waals surface area (Å²) in [6.07, 6.45) is -2.93. The molecule has 0 N–H and O–H groups in total. The minimum atomic E-state index is -4.35. The van der Waals surface area contributed by atoms with Gasteiger partial charge in [-0.1, -0.05) is 31.7 Å². The average molecular weight is 287 g/mol. The molecule has 0 fully saturated rings. The summed E-state index contributed by atoms with van der Waals surface area (Å²) in [5, 5.41) is 8.52. The van der Waals surface area contributed by atoms with Gasteiger partial charge in [0.05, 0.1) is 5.56 Å². The first kappa shape index (κ1) is 13.9. The number of halogens is 3. The van der Waals surface area contributed by atoms with E-state index in [-0.39, 0.29) is 5.25 Å². The van der Waals surface area contributed by atoms with Crippen molar-refractivity contribution in [1.29, 1.82) is 0 Å². The zero-order valence-corrected chi connectivity index (χ0v) is 11.2. The van der Waals surface area contributed by atoms with Gasteiger partial charge >= 0.3 is 6.18 Å². The SMILES string of the molecule is CC(C)Sc1nncn1-c1cccc(C(F)(F)F)c1. The van der Waals surface area contributed by atoms with E-state index in [1.807, 2.05) is 13.8 Å². The van der Waals surface area contributed by atoms with Crippen LogP contribution in [0.5, 0.6) is 0 Å². The van der Waals surface area contributed by atoms with Gasteiger partial charge in [0.15, 0.2) is 5.16 Å². The molecule has 0 aliphatic heterocycles. The Morgan fingerprint density at radius 3 is 2.63 bits per heavy atom. The van der Waals surface area contributed by atoms with Gasteiger partial charge in [0.1, 0.15) is 6.33 Å². The van der Waals surface area contributed by atoms with Crippen LogP contribution >= 0.6 is 11.8 Å². The Balaban J connectivity index is 2.40. The van der Waals surface area contributed by atoms with Gasteiger partial charge in [0, 0.05) is 10.9 Å². The molecular formula is C12H12F3N3S. The standard InChI is InChI=1S/C12H12F3N3S/c1-8(2)19-11-17-16-7-18(11)10-5-3-4-9(6-10)12(13,14)15/h3-8H,1-2H3. The molecule has 0 unspecified atom stereocenters. The van der Waals surface area contributed by atoms with E-state index in [1.165, 1.54) is 24.2 Å². The second-order valence-corrected chi connectivity index (χ2v) is 5.74. The van der Waals surface area contributed by atoms with E-state index in [2.05, 4.69) is 10.2 Å². The van der Waals surface area contributed by atoms with Crippen LogP contribution in [0.2, 0.25) is 0 Å². The van der Waals surface area contributed by atoms with Crippen LogP contribution in [-0.2, 0) is 6.18 Å². The van der Waals surface area contributed by atoms with Crippen LogP contribution in [-0.4, -0.2) is 20.0 Å². The molecule has 2 rings (SSSR count). The molecule has 19 heavy (non-hydrogen) atoms. The Bertz CT molecular complexity index is 563. The maximum atomic E-state index is 12.7. The normalized spacial score (nSPS) is 12.1. The first-order valence-corrected chi connectivity index (χ1v) is 6.50. The third-order valence-corrected chi connectivity index (χ3v) is 3.27. The van der Waals surface area contributed by atoms with Crippen LogP contribution in [0, 0.1) is 0 Å². The molecule has 0 radical (unpaired) electrons. The second kappa shape index (κ2) is 5.24. The number of aromatic nitrogens is 3. The topological polar surface area (TPSA) is 30.7 Å². The Labute approximate surface area is 112 Å². The van der Waals surface area contributed by atoms with E-state index in [1.54, 1.807) is 10.6 Å². The fourth-order valence-corrected chi connectivity index (χ4v) is 2.31. The summed E-state index contributed by atoms with van der Waals surface area (Å²) in [7, 11) is 0. The van der Waals surface area contributed by atoms with Gasteiger partial charge in [0.2, 0.25) is 0 Å². The van der Waals surface area contributed by atoms with E-state index in [4.69, 9.17) is 0 Å². The van der Waals surface area contributed by atoms with E-state index >= 15 is 0 Å². The third kappa shape index (κ3) is 3.28.